The lowest BCUT2D eigenvalue weighted by Gasteiger charge is -2.12. The van der Waals surface area contributed by atoms with Crippen LogP contribution in [-0.2, 0) is 11.2 Å². The Labute approximate surface area is 176 Å². The van der Waals surface area contributed by atoms with Crippen LogP contribution in [0.5, 0.6) is 23.1 Å². The summed E-state index contributed by atoms with van der Waals surface area (Å²) in [6, 6.07) is 15.0. The van der Waals surface area contributed by atoms with Gasteiger partial charge >= 0.3 is 0 Å². The number of ether oxygens (including phenoxy) is 3. The topological polar surface area (TPSA) is 74.6 Å². The summed E-state index contributed by atoms with van der Waals surface area (Å²) in [6.07, 6.45) is 0.880. The highest BCUT2D eigenvalue weighted by Gasteiger charge is 2.20. The van der Waals surface area contributed by atoms with Crippen LogP contribution in [0.2, 0.25) is 0 Å². The standard InChI is InChI=1S/C23H27N3O4/c1-5-24-22(27)14-13-21-16(2)25-26(17-9-11-18(28-3)12-10-17)23(21)30-20-8-6-7-19(15-20)29-4/h6-12,15H,5,13-14H2,1-4H3,(H,24,27). The fourth-order valence-electron chi connectivity index (χ4n) is 3.13. The van der Waals surface area contributed by atoms with E-state index in [1.807, 2.05) is 62.4 Å². The zero-order valence-corrected chi connectivity index (χ0v) is 17.8. The molecule has 1 amide bonds. The largest absolute Gasteiger partial charge is 0.497 e. The minimum absolute atomic E-state index is 0.00132. The number of aromatic nitrogens is 2. The molecule has 0 aliphatic carbocycles. The molecule has 0 aliphatic heterocycles. The molecule has 0 spiro atoms. The Balaban J connectivity index is 2.00. The first kappa shape index (κ1) is 21.2. The van der Waals surface area contributed by atoms with Crippen LogP contribution in [0.15, 0.2) is 48.5 Å². The monoisotopic (exact) mass is 409 g/mol. The Morgan fingerprint density at radius 3 is 2.40 bits per heavy atom. The third-order valence-electron chi connectivity index (χ3n) is 4.69. The molecule has 0 aliphatic rings. The molecule has 0 saturated heterocycles. The van der Waals surface area contributed by atoms with Gasteiger partial charge in [-0.3, -0.25) is 4.79 Å². The highest BCUT2D eigenvalue weighted by Crippen LogP contribution is 2.33. The van der Waals surface area contributed by atoms with Crippen molar-refractivity contribution in [2.75, 3.05) is 20.8 Å². The third kappa shape index (κ3) is 4.92. The SMILES string of the molecule is CCNC(=O)CCc1c(C)nn(-c2ccc(OC)cc2)c1Oc1cccc(OC)c1. The van der Waals surface area contributed by atoms with Crippen LogP contribution in [0.4, 0.5) is 0 Å². The summed E-state index contributed by atoms with van der Waals surface area (Å²) in [6.45, 7) is 4.43. The molecular weight excluding hydrogens is 382 g/mol. The van der Waals surface area contributed by atoms with Crippen LogP contribution in [0.3, 0.4) is 0 Å². The molecule has 7 nitrogen and oxygen atoms in total. The van der Waals surface area contributed by atoms with Crippen molar-refractivity contribution in [3.8, 4) is 28.8 Å². The Hall–Kier alpha value is -3.48. The number of carbonyl (C=O) groups is 1. The summed E-state index contributed by atoms with van der Waals surface area (Å²) >= 11 is 0. The smallest absolute Gasteiger partial charge is 0.226 e. The number of benzene rings is 2. The fourth-order valence-corrected chi connectivity index (χ4v) is 3.13. The van der Waals surface area contributed by atoms with E-state index in [-0.39, 0.29) is 5.91 Å². The van der Waals surface area contributed by atoms with Crippen LogP contribution in [-0.4, -0.2) is 36.5 Å². The minimum Gasteiger partial charge on any atom is -0.497 e. The van der Waals surface area contributed by atoms with Gasteiger partial charge in [-0.1, -0.05) is 6.07 Å². The van der Waals surface area contributed by atoms with E-state index in [1.165, 1.54) is 0 Å². The highest BCUT2D eigenvalue weighted by atomic mass is 16.5. The molecule has 1 N–H and O–H groups in total. The second-order valence-electron chi connectivity index (χ2n) is 6.71. The average Bonchev–Trinajstić information content (AvgIpc) is 3.07. The Kier molecular flexibility index (Phi) is 6.95. The molecule has 0 saturated carbocycles. The summed E-state index contributed by atoms with van der Waals surface area (Å²) in [4.78, 5) is 12.0. The molecule has 7 heteroatoms. The number of rotatable bonds is 9. The first-order valence-corrected chi connectivity index (χ1v) is 9.87. The molecule has 0 atom stereocenters. The first-order valence-electron chi connectivity index (χ1n) is 9.87. The fraction of sp³-hybridized carbons (Fsp3) is 0.304. The normalized spacial score (nSPS) is 10.5. The maximum Gasteiger partial charge on any atom is 0.226 e. The van der Waals surface area contributed by atoms with Gasteiger partial charge in [0.15, 0.2) is 0 Å². The Bertz CT molecular complexity index is 996. The van der Waals surface area contributed by atoms with Gasteiger partial charge in [0.05, 0.1) is 25.6 Å². The number of nitrogens with zero attached hydrogens (tertiary/aromatic N) is 2. The molecular formula is C23H27N3O4. The van der Waals surface area contributed by atoms with E-state index in [0.717, 1.165) is 22.7 Å². The molecule has 2 aromatic carbocycles. The van der Waals surface area contributed by atoms with Gasteiger partial charge in [-0.05, 0) is 56.7 Å². The second-order valence-corrected chi connectivity index (χ2v) is 6.71. The number of hydrogen-bond acceptors (Lipinski definition) is 5. The number of amides is 1. The second kappa shape index (κ2) is 9.82. The van der Waals surface area contributed by atoms with Gasteiger partial charge in [-0.25, -0.2) is 4.68 Å². The molecule has 3 aromatic rings. The van der Waals surface area contributed by atoms with E-state index in [0.29, 0.717) is 36.8 Å². The van der Waals surface area contributed by atoms with Crippen molar-refractivity contribution >= 4 is 5.91 Å². The molecule has 3 rings (SSSR count). The molecule has 0 unspecified atom stereocenters. The summed E-state index contributed by atoms with van der Waals surface area (Å²) in [5.74, 6) is 2.66. The van der Waals surface area contributed by atoms with Gasteiger partial charge in [0.1, 0.15) is 17.2 Å². The van der Waals surface area contributed by atoms with Gasteiger partial charge in [0.2, 0.25) is 11.8 Å². The predicted molar refractivity (Wildman–Crippen MR) is 115 cm³/mol. The summed E-state index contributed by atoms with van der Waals surface area (Å²) in [5.41, 5.74) is 2.54. The lowest BCUT2D eigenvalue weighted by Crippen LogP contribution is -2.22. The van der Waals surface area contributed by atoms with Crippen molar-refractivity contribution < 1.29 is 19.0 Å². The summed E-state index contributed by atoms with van der Waals surface area (Å²) < 4.78 is 18.6. The van der Waals surface area contributed by atoms with Crippen molar-refractivity contribution in [3.05, 3.63) is 59.8 Å². The maximum atomic E-state index is 12.0. The minimum atomic E-state index is 0.00132. The number of aryl methyl sites for hydroxylation is 1. The lowest BCUT2D eigenvalue weighted by molar-refractivity contribution is -0.120. The van der Waals surface area contributed by atoms with Crippen molar-refractivity contribution in [2.24, 2.45) is 0 Å². The number of nitrogens with one attached hydrogen (secondary N) is 1. The van der Waals surface area contributed by atoms with E-state index in [2.05, 4.69) is 10.4 Å². The van der Waals surface area contributed by atoms with Gasteiger partial charge in [-0.2, -0.15) is 5.10 Å². The third-order valence-corrected chi connectivity index (χ3v) is 4.69. The van der Waals surface area contributed by atoms with Gasteiger partial charge in [0.25, 0.3) is 0 Å². The zero-order chi connectivity index (χ0) is 21.5. The van der Waals surface area contributed by atoms with E-state index in [9.17, 15) is 4.79 Å². The van der Waals surface area contributed by atoms with E-state index in [4.69, 9.17) is 14.2 Å². The molecule has 30 heavy (non-hydrogen) atoms. The molecule has 0 fully saturated rings. The molecule has 0 radical (unpaired) electrons. The zero-order valence-electron chi connectivity index (χ0n) is 17.8. The Morgan fingerprint density at radius 2 is 1.73 bits per heavy atom. The highest BCUT2D eigenvalue weighted by molar-refractivity contribution is 5.76. The van der Waals surface area contributed by atoms with Crippen molar-refractivity contribution in [3.63, 3.8) is 0 Å². The maximum absolute atomic E-state index is 12.0. The van der Waals surface area contributed by atoms with E-state index in [1.54, 1.807) is 18.9 Å². The lowest BCUT2D eigenvalue weighted by atomic mass is 10.1. The van der Waals surface area contributed by atoms with Crippen LogP contribution in [0.1, 0.15) is 24.6 Å². The Morgan fingerprint density at radius 1 is 1.03 bits per heavy atom. The van der Waals surface area contributed by atoms with Gasteiger partial charge in [-0.15, -0.1) is 0 Å². The van der Waals surface area contributed by atoms with Crippen LogP contribution >= 0.6 is 0 Å². The summed E-state index contributed by atoms with van der Waals surface area (Å²) in [5, 5.41) is 7.52. The molecule has 158 valence electrons. The molecule has 1 heterocycles. The first-order chi connectivity index (χ1) is 14.5. The van der Waals surface area contributed by atoms with Crippen LogP contribution < -0.4 is 19.5 Å². The van der Waals surface area contributed by atoms with Gasteiger partial charge < -0.3 is 19.5 Å². The van der Waals surface area contributed by atoms with Crippen molar-refractivity contribution in [2.45, 2.75) is 26.7 Å². The number of methoxy groups -OCH3 is 2. The van der Waals surface area contributed by atoms with Crippen molar-refractivity contribution in [1.82, 2.24) is 15.1 Å². The van der Waals surface area contributed by atoms with Crippen molar-refractivity contribution in [1.29, 1.82) is 0 Å². The van der Waals surface area contributed by atoms with Gasteiger partial charge in [0, 0.05) is 24.6 Å². The molecule has 1 aromatic heterocycles. The van der Waals surface area contributed by atoms with E-state index >= 15 is 0 Å². The summed E-state index contributed by atoms with van der Waals surface area (Å²) in [7, 11) is 3.24. The number of carbonyl (C=O) groups excluding carboxylic acids is 1. The van der Waals surface area contributed by atoms with Crippen LogP contribution in [0, 0.1) is 6.92 Å². The average molecular weight is 409 g/mol. The number of hydrogen-bond donors (Lipinski definition) is 1. The van der Waals surface area contributed by atoms with Crippen LogP contribution in [0.25, 0.3) is 5.69 Å². The molecule has 0 bridgehead atoms. The van der Waals surface area contributed by atoms with E-state index < -0.39 is 0 Å². The quantitative estimate of drug-likeness (QED) is 0.577. The predicted octanol–water partition coefficient (Wildman–Crippen LogP) is 4.06.